The van der Waals surface area contributed by atoms with Crippen LogP contribution in [0.15, 0.2) is 59.8 Å². The molecule has 0 bridgehead atoms. The van der Waals surface area contributed by atoms with Crippen molar-refractivity contribution in [2.24, 2.45) is 0 Å². The van der Waals surface area contributed by atoms with Crippen molar-refractivity contribution in [3.8, 4) is 0 Å². The lowest BCUT2D eigenvalue weighted by Crippen LogP contribution is -2.32. The Morgan fingerprint density at radius 2 is 1.93 bits per heavy atom. The lowest BCUT2D eigenvalue weighted by molar-refractivity contribution is -0.116. The SMILES string of the molecule is Cc1cccc(N(Cc2ccccc2)C(=O)CSc2nnc3n2CCCCC3)c1. The van der Waals surface area contributed by atoms with E-state index < -0.39 is 0 Å². The molecule has 5 nitrogen and oxygen atoms in total. The summed E-state index contributed by atoms with van der Waals surface area (Å²) < 4.78 is 2.19. The molecular weight excluding hydrogens is 380 g/mol. The second-order valence-corrected chi connectivity index (χ2v) is 8.40. The fraction of sp³-hybridized carbons (Fsp3) is 0.348. The van der Waals surface area contributed by atoms with Crippen molar-refractivity contribution in [1.82, 2.24) is 14.8 Å². The number of fused-ring (bicyclic) bond motifs is 1. The van der Waals surface area contributed by atoms with E-state index in [1.807, 2.05) is 35.2 Å². The van der Waals surface area contributed by atoms with Crippen molar-refractivity contribution in [3.05, 3.63) is 71.5 Å². The first-order chi connectivity index (χ1) is 14.2. The molecule has 29 heavy (non-hydrogen) atoms. The number of thioether (sulfide) groups is 1. The fourth-order valence-corrected chi connectivity index (χ4v) is 4.51. The van der Waals surface area contributed by atoms with Crippen LogP contribution in [-0.2, 0) is 24.3 Å². The largest absolute Gasteiger partial charge is 0.307 e. The number of benzene rings is 2. The monoisotopic (exact) mass is 406 g/mol. The van der Waals surface area contributed by atoms with Gasteiger partial charge in [-0.25, -0.2) is 0 Å². The van der Waals surface area contributed by atoms with E-state index in [0.29, 0.717) is 12.3 Å². The number of hydrogen-bond acceptors (Lipinski definition) is 4. The molecule has 1 aromatic heterocycles. The molecule has 0 atom stereocenters. The summed E-state index contributed by atoms with van der Waals surface area (Å²) in [6, 6.07) is 18.2. The van der Waals surface area contributed by atoms with Crippen LogP contribution in [-0.4, -0.2) is 26.4 Å². The minimum atomic E-state index is 0.0791. The molecule has 0 spiro atoms. The Labute approximate surface area is 176 Å². The van der Waals surface area contributed by atoms with Gasteiger partial charge >= 0.3 is 0 Å². The molecular formula is C23H26N4OS. The Bertz CT molecular complexity index is 970. The van der Waals surface area contributed by atoms with Crippen molar-refractivity contribution in [2.75, 3.05) is 10.7 Å². The normalized spacial score (nSPS) is 13.6. The van der Waals surface area contributed by atoms with Gasteiger partial charge in [-0.1, -0.05) is 60.6 Å². The number of carbonyl (C=O) groups is 1. The molecule has 1 amide bonds. The summed E-state index contributed by atoms with van der Waals surface area (Å²) in [4.78, 5) is 15.1. The molecule has 0 aliphatic carbocycles. The number of carbonyl (C=O) groups excluding carboxylic acids is 1. The number of aryl methyl sites for hydroxylation is 2. The van der Waals surface area contributed by atoms with Crippen molar-refractivity contribution < 1.29 is 4.79 Å². The predicted molar refractivity (Wildman–Crippen MR) is 117 cm³/mol. The highest BCUT2D eigenvalue weighted by atomic mass is 32.2. The summed E-state index contributed by atoms with van der Waals surface area (Å²) >= 11 is 1.49. The summed E-state index contributed by atoms with van der Waals surface area (Å²) in [5, 5.41) is 9.55. The van der Waals surface area contributed by atoms with Gasteiger partial charge in [0.2, 0.25) is 5.91 Å². The third kappa shape index (κ3) is 4.88. The van der Waals surface area contributed by atoms with Crippen molar-refractivity contribution in [3.63, 3.8) is 0 Å². The fourth-order valence-electron chi connectivity index (χ4n) is 3.65. The van der Waals surface area contributed by atoms with Gasteiger partial charge in [0.1, 0.15) is 5.82 Å². The minimum absolute atomic E-state index is 0.0791. The Morgan fingerprint density at radius 1 is 1.07 bits per heavy atom. The van der Waals surface area contributed by atoms with Gasteiger partial charge in [0, 0.05) is 18.7 Å². The number of rotatable bonds is 6. The minimum Gasteiger partial charge on any atom is -0.307 e. The predicted octanol–water partition coefficient (Wildman–Crippen LogP) is 4.64. The van der Waals surface area contributed by atoms with Crippen LogP contribution in [0.2, 0.25) is 0 Å². The molecule has 0 N–H and O–H groups in total. The topological polar surface area (TPSA) is 51.0 Å². The molecule has 0 radical (unpaired) electrons. The summed E-state index contributed by atoms with van der Waals surface area (Å²) in [7, 11) is 0. The molecule has 0 saturated carbocycles. The van der Waals surface area contributed by atoms with E-state index in [1.165, 1.54) is 24.6 Å². The highest BCUT2D eigenvalue weighted by Crippen LogP contribution is 2.24. The third-order valence-corrected chi connectivity index (χ3v) is 6.15. The lowest BCUT2D eigenvalue weighted by Gasteiger charge is -2.23. The van der Waals surface area contributed by atoms with Crippen LogP contribution in [0, 0.1) is 6.92 Å². The first-order valence-corrected chi connectivity index (χ1v) is 11.1. The maximum Gasteiger partial charge on any atom is 0.237 e. The number of anilines is 1. The second-order valence-electron chi connectivity index (χ2n) is 7.45. The maximum absolute atomic E-state index is 13.2. The van der Waals surface area contributed by atoms with Gasteiger partial charge < -0.3 is 9.47 Å². The van der Waals surface area contributed by atoms with E-state index in [1.54, 1.807) is 0 Å². The van der Waals surface area contributed by atoms with Gasteiger partial charge in [0.05, 0.1) is 12.3 Å². The van der Waals surface area contributed by atoms with Gasteiger partial charge in [-0.05, 0) is 43.0 Å². The van der Waals surface area contributed by atoms with E-state index in [2.05, 4.69) is 46.0 Å². The first-order valence-electron chi connectivity index (χ1n) is 10.2. The highest BCUT2D eigenvalue weighted by Gasteiger charge is 2.20. The molecule has 6 heteroatoms. The summed E-state index contributed by atoms with van der Waals surface area (Å²) in [6.45, 7) is 3.56. The number of hydrogen-bond donors (Lipinski definition) is 0. The average molecular weight is 407 g/mol. The average Bonchev–Trinajstić information content (AvgIpc) is 2.97. The van der Waals surface area contributed by atoms with Crippen LogP contribution in [0.5, 0.6) is 0 Å². The van der Waals surface area contributed by atoms with Gasteiger partial charge in [-0.2, -0.15) is 0 Å². The van der Waals surface area contributed by atoms with Gasteiger partial charge in [0.25, 0.3) is 0 Å². The number of amides is 1. The Hall–Kier alpha value is -2.60. The molecule has 4 rings (SSSR count). The second kappa shape index (κ2) is 9.27. The van der Waals surface area contributed by atoms with Gasteiger partial charge in [-0.3, -0.25) is 4.79 Å². The summed E-state index contributed by atoms with van der Waals surface area (Å²) in [5.74, 6) is 1.48. The zero-order chi connectivity index (χ0) is 20.1. The number of nitrogens with zero attached hydrogens (tertiary/aromatic N) is 4. The van der Waals surface area contributed by atoms with E-state index in [9.17, 15) is 4.79 Å². The van der Waals surface area contributed by atoms with E-state index >= 15 is 0 Å². The zero-order valence-corrected chi connectivity index (χ0v) is 17.6. The van der Waals surface area contributed by atoms with Crippen LogP contribution in [0.4, 0.5) is 5.69 Å². The van der Waals surface area contributed by atoms with E-state index in [0.717, 1.165) is 47.2 Å². The quantitative estimate of drug-likeness (QED) is 0.560. The Kier molecular flexibility index (Phi) is 6.30. The molecule has 1 aliphatic rings. The smallest absolute Gasteiger partial charge is 0.237 e. The van der Waals surface area contributed by atoms with Crippen LogP contribution in [0.1, 0.15) is 36.2 Å². The Balaban J connectivity index is 1.51. The van der Waals surface area contributed by atoms with E-state index in [4.69, 9.17) is 0 Å². The summed E-state index contributed by atoms with van der Waals surface area (Å²) in [6.07, 6.45) is 4.52. The zero-order valence-electron chi connectivity index (χ0n) is 16.8. The van der Waals surface area contributed by atoms with Crippen LogP contribution >= 0.6 is 11.8 Å². The molecule has 150 valence electrons. The molecule has 0 fully saturated rings. The first kappa shape index (κ1) is 19.7. The van der Waals surface area contributed by atoms with Crippen LogP contribution in [0.25, 0.3) is 0 Å². The Morgan fingerprint density at radius 3 is 2.76 bits per heavy atom. The molecule has 2 aromatic carbocycles. The standard InChI is InChI=1S/C23H26N4OS/c1-18-9-8-12-20(15-18)27(16-19-10-4-2-5-11-19)22(28)17-29-23-25-24-21-13-6-3-7-14-26(21)23/h2,4-5,8-12,15H,3,6-7,13-14,16-17H2,1H3. The molecule has 0 unspecified atom stereocenters. The number of aromatic nitrogens is 3. The van der Waals surface area contributed by atoms with E-state index in [-0.39, 0.29) is 5.91 Å². The lowest BCUT2D eigenvalue weighted by atomic mass is 10.1. The van der Waals surface area contributed by atoms with Gasteiger partial charge in [0.15, 0.2) is 5.16 Å². The molecule has 0 saturated heterocycles. The van der Waals surface area contributed by atoms with Crippen molar-refractivity contribution in [1.29, 1.82) is 0 Å². The van der Waals surface area contributed by atoms with Gasteiger partial charge in [-0.15, -0.1) is 10.2 Å². The molecule has 2 heterocycles. The third-order valence-electron chi connectivity index (χ3n) is 5.20. The summed E-state index contributed by atoms with van der Waals surface area (Å²) in [5.41, 5.74) is 3.19. The highest BCUT2D eigenvalue weighted by molar-refractivity contribution is 7.99. The van der Waals surface area contributed by atoms with Crippen LogP contribution in [0.3, 0.4) is 0 Å². The molecule has 3 aromatic rings. The maximum atomic E-state index is 13.2. The van der Waals surface area contributed by atoms with Crippen molar-refractivity contribution in [2.45, 2.75) is 50.9 Å². The van der Waals surface area contributed by atoms with Crippen LogP contribution < -0.4 is 4.90 Å². The molecule has 1 aliphatic heterocycles. The van der Waals surface area contributed by atoms with Crippen molar-refractivity contribution >= 4 is 23.4 Å².